The van der Waals surface area contributed by atoms with Gasteiger partial charge in [-0.25, -0.2) is 0 Å². The summed E-state index contributed by atoms with van der Waals surface area (Å²) in [5, 5.41) is 2.10. The zero-order chi connectivity index (χ0) is 23.1. The molecule has 6 heteroatoms. The van der Waals surface area contributed by atoms with Gasteiger partial charge in [0.15, 0.2) is 11.5 Å². The maximum atomic E-state index is 13.8. The minimum absolute atomic E-state index is 0.0439. The Kier molecular flexibility index (Phi) is 5.95. The van der Waals surface area contributed by atoms with Crippen LogP contribution in [0.15, 0.2) is 35.7 Å². The van der Waals surface area contributed by atoms with Crippen LogP contribution in [0.1, 0.15) is 56.1 Å². The summed E-state index contributed by atoms with van der Waals surface area (Å²) in [7, 11) is 1.69. The summed E-state index contributed by atoms with van der Waals surface area (Å²) in [5.41, 5.74) is 5.42. The van der Waals surface area contributed by atoms with Crippen LogP contribution in [-0.4, -0.2) is 41.2 Å². The molecule has 174 valence electrons. The first-order chi connectivity index (χ1) is 16.0. The van der Waals surface area contributed by atoms with Gasteiger partial charge in [-0.05, 0) is 74.7 Å². The van der Waals surface area contributed by atoms with E-state index in [4.69, 9.17) is 9.47 Å². The van der Waals surface area contributed by atoms with Crippen molar-refractivity contribution >= 4 is 17.2 Å². The lowest BCUT2D eigenvalue weighted by Gasteiger charge is -2.27. The quantitative estimate of drug-likeness (QED) is 0.433. The number of methoxy groups -OCH3 is 1. The summed E-state index contributed by atoms with van der Waals surface area (Å²) in [6.45, 7) is 7.87. The highest BCUT2D eigenvalue weighted by molar-refractivity contribution is 7.13. The molecule has 2 aromatic heterocycles. The molecule has 0 bridgehead atoms. The van der Waals surface area contributed by atoms with Crippen molar-refractivity contribution in [3.63, 3.8) is 0 Å². The molecule has 1 amide bonds. The van der Waals surface area contributed by atoms with Crippen LogP contribution in [0.3, 0.4) is 0 Å². The van der Waals surface area contributed by atoms with E-state index in [1.54, 1.807) is 18.4 Å². The third-order valence-corrected chi connectivity index (χ3v) is 7.73. The minimum Gasteiger partial charge on any atom is -0.493 e. The molecular weight excluding hydrogens is 432 g/mol. The van der Waals surface area contributed by atoms with Gasteiger partial charge in [-0.15, -0.1) is 11.3 Å². The summed E-state index contributed by atoms with van der Waals surface area (Å²) >= 11 is 1.71. The van der Waals surface area contributed by atoms with Crippen LogP contribution in [0.5, 0.6) is 11.5 Å². The van der Waals surface area contributed by atoms with Crippen molar-refractivity contribution in [3.8, 4) is 33.2 Å². The van der Waals surface area contributed by atoms with Gasteiger partial charge in [-0.1, -0.05) is 13.0 Å². The number of benzene rings is 1. The van der Waals surface area contributed by atoms with E-state index in [1.165, 1.54) is 10.4 Å². The number of thiophene rings is 1. The van der Waals surface area contributed by atoms with Gasteiger partial charge in [0.05, 0.1) is 18.9 Å². The lowest BCUT2D eigenvalue weighted by Crippen LogP contribution is -2.36. The van der Waals surface area contributed by atoms with Gasteiger partial charge < -0.3 is 18.9 Å². The van der Waals surface area contributed by atoms with Crippen LogP contribution in [0.4, 0.5) is 0 Å². The number of nitrogens with zero attached hydrogens (tertiary/aromatic N) is 2. The summed E-state index contributed by atoms with van der Waals surface area (Å²) in [6.07, 6.45) is 4.11. The maximum absolute atomic E-state index is 13.8. The molecule has 1 unspecified atom stereocenters. The molecule has 0 N–H and O–H groups in total. The first-order valence-electron chi connectivity index (χ1n) is 12.0. The number of hydrogen-bond acceptors (Lipinski definition) is 4. The number of hydrogen-bond donors (Lipinski definition) is 0. The van der Waals surface area contributed by atoms with E-state index < -0.39 is 0 Å². The lowest BCUT2D eigenvalue weighted by atomic mass is 9.95. The molecule has 0 radical (unpaired) electrons. The molecule has 3 aromatic rings. The Labute approximate surface area is 199 Å². The monoisotopic (exact) mass is 464 g/mol. The zero-order valence-corrected chi connectivity index (χ0v) is 20.7. The topological polar surface area (TPSA) is 43.7 Å². The molecule has 5 nitrogen and oxygen atoms in total. The van der Waals surface area contributed by atoms with Crippen molar-refractivity contribution in [1.29, 1.82) is 0 Å². The second kappa shape index (κ2) is 8.90. The summed E-state index contributed by atoms with van der Waals surface area (Å²) in [5.74, 6) is 1.68. The van der Waals surface area contributed by atoms with Gasteiger partial charge in [0.1, 0.15) is 5.69 Å². The van der Waals surface area contributed by atoms with E-state index in [-0.39, 0.29) is 12.0 Å². The number of carbonyl (C=O) groups is 1. The Balaban J connectivity index is 1.68. The Morgan fingerprint density at radius 1 is 1.18 bits per heavy atom. The first-order valence-corrected chi connectivity index (χ1v) is 12.9. The van der Waals surface area contributed by atoms with Gasteiger partial charge in [0.25, 0.3) is 5.91 Å². The summed E-state index contributed by atoms with van der Waals surface area (Å²) < 4.78 is 14.0. The zero-order valence-electron chi connectivity index (χ0n) is 19.9. The van der Waals surface area contributed by atoms with Gasteiger partial charge in [-0.2, -0.15) is 0 Å². The highest BCUT2D eigenvalue weighted by Gasteiger charge is 2.33. The van der Waals surface area contributed by atoms with Crippen molar-refractivity contribution in [3.05, 3.63) is 47.0 Å². The third-order valence-electron chi connectivity index (χ3n) is 6.82. The second-order valence-electron chi connectivity index (χ2n) is 9.20. The standard InChI is InChI=1S/C27H32N2O3S/c1-5-19-8-6-11-28(19)27(30)22-15-21(25-9-7-13-33-25)26-20-16-24(32-17(2)3)23(31-4)14-18(20)10-12-29(22)26/h7,9,13-17,19H,5-6,8,10-12H2,1-4H3. The van der Waals surface area contributed by atoms with Crippen LogP contribution in [-0.2, 0) is 13.0 Å². The fraction of sp³-hybridized carbons (Fsp3) is 0.444. The second-order valence-corrected chi connectivity index (χ2v) is 10.1. The Morgan fingerprint density at radius 3 is 2.73 bits per heavy atom. The fourth-order valence-corrected chi connectivity index (χ4v) is 6.05. The van der Waals surface area contributed by atoms with Gasteiger partial charge in [-0.3, -0.25) is 4.79 Å². The Hall–Kier alpha value is -2.73. The number of rotatable bonds is 6. The number of carbonyl (C=O) groups excluding carboxylic acids is 1. The molecule has 0 aliphatic carbocycles. The number of amides is 1. The normalized spacial score (nSPS) is 17.2. The number of ether oxygens (including phenoxy) is 2. The van der Waals surface area contributed by atoms with E-state index in [2.05, 4.69) is 52.1 Å². The molecule has 33 heavy (non-hydrogen) atoms. The average Bonchev–Trinajstić information content (AvgIpc) is 3.56. The van der Waals surface area contributed by atoms with Crippen molar-refractivity contribution in [2.75, 3.05) is 13.7 Å². The number of aromatic nitrogens is 1. The van der Waals surface area contributed by atoms with Gasteiger partial charge >= 0.3 is 0 Å². The highest BCUT2D eigenvalue weighted by atomic mass is 32.1. The van der Waals surface area contributed by atoms with E-state index in [1.807, 2.05) is 13.8 Å². The molecule has 1 saturated heterocycles. The molecule has 0 spiro atoms. The number of fused-ring (bicyclic) bond motifs is 3. The van der Waals surface area contributed by atoms with E-state index in [0.717, 1.165) is 72.8 Å². The summed E-state index contributed by atoms with van der Waals surface area (Å²) in [4.78, 5) is 17.0. The largest absolute Gasteiger partial charge is 0.493 e. The van der Waals surface area contributed by atoms with E-state index in [9.17, 15) is 4.79 Å². The Morgan fingerprint density at radius 2 is 2.03 bits per heavy atom. The molecule has 0 saturated carbocycles. The van der Waals surface area contributed by atoms with Gasteiger partial charge in [0, 0.05) is 35.1 Å². The molecule has 2 aliphatic rings. The van der Waals surface area contributed by atoms with Crippen LogP contribution in [0, 0.1) is 0 Å². The molecule has 4 heterocycles. The van der Waals surface area contributed by atoms with Crippen LogP contribution >= 0.6 is 11.3 Å². The number of likely N-dealkylation sites (tertiary alicyclic amines) is 1. The van der Waals surface area contributed by atoms with E-state index in [0.29, 0.717) is 6.04 Å². The predicted molar refractivity (Wildman–Crippen MR) is 134 cm³/mol. The third kappa shape index (κ3) is 3.84. The van der Waals surface area contributed by atoms with Crippen molar-refractivity contribution in [2.24, 2.45) is 0 Å². The predicted octanol–water partition coefficient (Wildman–Crippen LogP) is 6.25. The van der Waals surface area contributed by atoms with Crippen LogP contribution < -0.4 is 9.47 Å². The minimum atomic E-state index is 0.0439. The maximum Gasteiger partial charge on any atom is 0.270 e. The Bertz CT molecular complexity index is 1160. The molecule has 1 aromatic carbocycles. The van der Waals surface area contributed by atoms with Crippen molar-refractivity contribution in [2.45, 2.75) is 65.1 Å². The lowest BCUT2D eigenvalue weighted by molar-refractivity contribution is 0.0722. The summed E-state index contributed by atoms with van der Waals surface area (Å²) in [6, 6.07) is 10.9. The smallest absolute Gasteiger partial charge is 0.270 e. The van der Waals surface area contributed by atoms with Crippen LogP contribution in [0.25, 0.3) is 21.7 Å². The highest BCUT2D eigenvalue weighted by Crippen LogP contribution is 2.45. The van der Waals surface area contributed by atoms with Crippen LogP contribution in [0.2, 0.25) is 0 Å². The van der Waals surface area contributed by atoms with E-state index >= 15 is 0 Å². The molecular formula is C27H32N2O3S. The molecule has 2 aliphatic heterocycles. The van der Waals surface area contributed by atoms with Crippen molar-refractivity contribution in [1.82, 2.24) is 9.47 Å². The van der Waals surface area contributed by atoms with Crippen molar-refractivity contribution < 1.29 is 14.3 Å². The number of aryl methyl sites for hydroxylation is 1. The molecule has 5 rings (SSSR count). The SMILES string of the molecule is CCC1CCCN1C(=O)c1cc(-c2cccs2)c2n1CCc1cc(OC)c(OC(C)C)cc1-2. The van der Waals surface area contributed by atoms with Gasteiger partial charge in [0.2, 0.25) is 0 Å². The first kappa shape index (κ1) is 22.1. The molecule has 1 atom stereocenters. The average molecular weight is 465 g/mol. The molecule has 1 fully saturated rings. The fourth-order valence-electron chi connectivity index (χ4n) is 5.31.